The fourth-order valence-electron chi connectivity index (χ4n) is 1.17. The first-order chi connectivity index (χ1) is 4.14. The molecule has 0 aromatic rings. The number of alkyl halides is 3. The predicted octanol–water partition coefficient (Wildman–Crippen LogP) is 2.82. The molecule has 0 radical (unpaired) electrons. The van der Waals surface area contributed by atoms with Gasteiger partial charge in [0.2, 0.25) is 5.92 Å². The van der Waals surface area contributed by atoms with Crippen molar-refractivity contribution in [2.45, 2.75) is 25.2 Å². The van der Waals surface area contributed by atoms with Crippen LogP contribution >= 0.6 is 15.9 Å². The van der Waals surface area contributed by atoms with Gasteiger partial charge in [-0.3, -0.25) is 0 Å². The molecule has 9 heavy (non-hydrogen) atoms. The van der Waals surface area contributed by atoms with E-state index in [4.69, 9.17) is 0 Å². The molecule has 0 aromatic carbocycles. The summed E-state index contributed by atoms with van der Waals surface area (Å²) in [5.74, 6) is -2.15. The minimum Gasteiger partial charge on any atom is -0.207 e. The fraction of sp³-hybridized carbons (Fsp3) is 1.00. The van der Waals surface area contributed by atoms with Gasteiger partial charge in [-0.1, -0.05) is 15.9 Å². The SMILES string of the molecule is FC1(F)CCC(CBr)C1. The lowest BCUT2D eigenvalue weighted by molar-refractivity contribution is 0.00600. The van der Waals surface area contributed by atoms with Crippen molar-refractivity contribution < 1.29 is 8.78 Å². The summed E-state index contributed by atoms with van der Waals surface area (Å²) in [5.41, 5.74) is 0. The van der Waals surface area contributed by atoms with Crippen LogP contribution in [0.2, 0.25) is 0 Å². The first kappa shape index (κ1) is 7.45. The number of hydrogen-bond donors (Lipinski definition) is 0. The molecule has 0 spiro atoms. The highest BCUT2D eigenvalue weighted by Gasteiger charge is 2.38. The topological polar surface area (TPSA) is 0 Å². The average molecular weight is 199 g/mol. The summed E-state index contributed by atoms with van der Waals surface area (Å²) in [6, 6.07) is 0. The molecule has 54 valence electrons. The van der Waals surface area contributed by atoms with Crippen molar-refractivity contribution in [1.82, 2.24) is 0 Å². The zero-order chi connectivity index (χ0) is 6.91. The second kappa shape index (κ2) is 2.52. The van der Waals surface area contributed by atoms with Crippen molar-refractivity contribution in [2.75, 3.05) is 5.33 Å². The fourth-order valence-corrected chi connectivity index (χ4v) is 1.73. The monoisotopic (exact) mass is 198 g/mol. The van der Waals surface area contributed by atoms with Gasteiger partial charge in [-0.05, 0) is 12.3 Å². The Morgan fingerprint density at radius 3 is 2.44 bits per heavy atom. The third-order valence-corrected chi connectivity index (χ3v) is 2.64. The van der Waals surface area contributed by atoms with E-state index in [0.717, 1.165) is 5.33 Å². The van der Waals surface area contributed by atoms with Crippen molar-refractivity contribution in [3.63, 3.8) is 0 Å². The van der Waals surface area contributed by atoms with Gasteiger partial charge in [-0.15, -0.1) is 0 Å². The van der Waals surface area contributed by atoms with E-state index in [1.165, 1.54) is 0 Å². The second-order valence-electron chi connectivity index (χ2n) is 2.62. The Morgan fingerprint density at radius 1 is 1.56 bits per heavy atom. The van der Waals surface area contributed by atoms with Gasteiger partial charge in [0.25, 0.3) is 0 Å². The Labute approximate surface area is 61.8 Å². The van der Waals surface area contributed by atoms with E-state index in [1.54, 1.807) is 0 Å². The minimum atomic E-state index is -2.36. The van der Waals surface area contributed by atoms with Gasteiger partial charge >= 0.3 is 0 Å². The van der Waals surface area contributed by atoms with Gasteiger partial charge in [-0.2, -0.15) is 0 Å². The van der Waals surface area contributed by atoms with Gasteiger partial charge < -0.3 is 0 Å². The number of halogens is 3. The summed E-state index contributed by atoms with van der Waals surface area (Å²) in [6.45, 7) is 0. The van der Waals surface area contributed by atoms with Crippen LogP contribution in [0.5, 0.6) is 0 Å². The summed E-state index contributed by atoms with van der Waals surface area (Å²) in [7, 11) is 0. The van der Waals surface area contributed by atoms with Crippen LogP contribution in [0.3, 0.4) is 0 Å². The second-order valence-corrected chi connectivity index (χ2v) is 3.27. The molecule has 0 saturated heterocycles. The summed E-state index contributed by atoms with van der Waals surface area (Å²) in [4.78, 5) is 0. The Hall–Kier alpha value is 0.340. The molecular formula is C6H9BrF2. The maximum Gasteiger partial charge on any atom is 0.248 e. The van der Waals surface area contributed by atoms with Crippen molar-refractivity contribution in [3.8, 4) is 0 Å². The van der Waals surface area contributed by atoms with Crippen molar-refractivity contribution >= 4 is 15.9 Å². The molecular weight excluding hydrogens is 190 g/mol. The third kappa shape index (κ3) is 1.88. The standard InChI is InChI=1S/C6H9BrF2/c7-4-5-1-2-6(8,9)3-5/h5H,1-4H2. The zero-order valence-corrected chi connectivity index (χ0v) is 6.63. The van der Waals surface area contributed by atoms with Crippen LogP contribution in [0.15, 0.2) is 0 Å². The van der Waals surface area contributed by atoms with Gasteiger partial charge in [0.1, 0.15) is 0 Å². The van der Waals surface area contributed by atoms with E-state index in [0.29, 0.717) is 6.42 Å². The van der Waals surface area contributed by atoms with Gasteiger partial charge in [-0.25, -0.2) is 8.78 Å². The van der Waals surface area contributed by atoms with Gasteiger partial charge in [0.05, 0.1) is 0 Å². The lowest BCUT2D eigenvalue weighted by Gasteiger charge is -2.06. The molecule has 0 heterocycles. The average Bonchev–Trinajstić information content (AvgIpc) is 2.10. The third-order valence-electron chi connectivity index (χ3n) is 1.72. The lowest BCUT2D eigenvalue weighted by atomic mass is 10.1. The Bertz CT molecular complexity index is 103. The molecule has 1 saturated carbocycles. The summed E-state index contributed by atoms with van der Waals surface area (Å²) < 4.78 is 24.7. The normalized spacial score (nSPS) is 33.0. The van der Waals surface area contributed by atoms with Gasteiger partial charge in [0, 0.05) is 18.2 Å². The highest BCUT2D eigenvalue weighted by Crippen LogP contribution is 2.39. The Balaban J connectivity index is 2.38. The van der Waals surface area contributed by atoms with Crippen LogP contribution in [-0.4, -0.2) is 11.3 Å². The largest absolute Gasteiger partial charge is 0.248 e. The summed E-state index contributed by atoms with van der Waals surface area (Å²) in [6.07, 6.45) is 0.847. The van der Waals surface area contributed by atoms with Crippen LogP contribution in [0, 0.1) is 5.92 Å². The summed E-state index contributed by atoms with van der Waals surface area (Å²) in [5, 5.41) is 0.725. The first-order valence-corrected chi connectivity index (χ1v) is 4.20. The lowest BCUT2D eigenvalue weighted by Crippen LogP contribution is -2.09. The Kier molecular flexibility index (Phi) is 2.09. The smallest absolute Gasteiger partial charge is 0.207 e. The van der Waals surface area contributed by atoms with Crippen molar-refractivity contribution in [1.29, 1.82) is 0 Å². The van der Waals surface area contributed by atoms with Crippen LogP contribution in [-0.2, 0) is 0 Å². The molecule has 0 N–H and O–H groups in total. The van der Waals surface area contributed by atoms with Crippen molar-refractivity contribution in [2.24, 2.45) is 5.92 Å². The van der Waals surface area contributed by atoms with E-state index in [1.807, 2.05) is 0 Å². The molecule has 0 aliphatic heterocycles. The van der Waals surface area contributed by atoms with E-state index in [2.05, 4.69) is 15.9 Å². The molecule has 1 atom stereocenters. The first-order valence-electron chi connectivity index (χ1n) is 3.08. The summed E-state index contributed by atoms with van der Waals surface area (Å²) >= 11 is 3.19. The predicted molar refractivity (Wildman–Crippen MR) is 36.1 cm³/mol. The molecule has 1 rings (SSSR count). The number of hydrogen-bond acceptors (Lipinski definition) is 0. The molecule has 0 nitrogen and oxygen atoms in total. The highest BCUT2D eigenvalue weighted by molar-refractivity contribution is 9.09. The van der Waals surface area contributed by atoms with Gasteiger partial charge in [0.15, 0.2) is 0 Å². The van der Waals surface area contributed by atoms with Crippen LogP contribution in [0.1, 0.15) is 19.3 Å². The molecule has 1 fully saturated rings. The quantitative estimate of drug-likeness (QED) is 0.569. The highest BCUT2D eigenvalue weighted by atomic mass is 79.9. The van der Waals surface area contributed by atoms with E-state index in [-0.39, 0.29) is 18.8 Å². The van der Waals surface area contributed by atoms with Crippen LogP contribution in [0.4, 0.5) is 8.78 Å². The molecule has 0 bridgehead atoms. The molecule has 1 aliphatic rings. The molecule has 0 amide bonds. The van der Waals surface area contributed by atoms with E-state index < -0.39 is 5.92 Å². The maximum absolute atomic E-state index is 12.4. The van der Waals surface area contributed by atoms with Crippen LogP contribution in [0.25, 0.3) is 0 Å². The zero-order valence-electron chi connectivity index (χ0n) is 5.04. The van der Waals surface area contributed by atoms with Crippen molar-refractivity contribution in [3.05, 3.63) is 0 Å². The van der Waals surface area contributed by atoms with E-state index >= 15 is 0 Å². The van der Waals surface area contributed by atoms with Crippen LogP contribution < -0.4 is 0 Å². The molecule has 3 heteroatoms. The maximum atomic E-state index is 12.4. The Morgan fingerprint density at radius 2 is 2.22 bits per heavy atom. The molecule has 0 aromatic heterocycles. The molecule has 1 aliphatic carbocycles. The minimum absolute atomic E-state index is 0.0816. The van der Waals surface area contributed by atoms with E-state index in [9.17, 15) is 8.78 Å². The number of rotatable bonds is 1. The molecule has 1 unspecified atom stereocenters.